The average Bonchev–Trinajstić information content (AvgIpc) is 3.36. The third-order valence-electron chi connectivity index (χ3n) is 5.65. The molecular weight excluding hydrogens is 396 g/mol. The molecule has 0 fully saturated rings. The van der Waals surface area contributed by atoms with E-state index in [1.54, 1.807) is 4.88 Å². The minimum absolute atomic E-state index is 1.22. The summed E-state index contributed by atoms with van der Waals surface area (Å²) in [5.41, 5.74) is 0. The summed E-state index contributed by atoms with van der Waals surface area (Å²) in [5, 5.41) is 5.73. The fourth-order valence-electron chi connectivity index (χ4n) is 4.10. The van der Waals surface area contributed by atoms with Crippen molar-refractivity contribution < 1.29 is 0 Å². The summed E-state index contributed by atoms with van der Waals surface area (Å²) in [6, 6.07) is 14.6. The Bertz CT molecular complexity index is 1270. The molecule has 0 bridgehead atoms. The topological polar surface area (TPSA) is 0 Å². The van der Waals surface area contributed by atoms with Gasteiger partial charge in [0, 0.05) is 39.3 Å². The molecule has 5 aromatic rings. The zero-order valence-corrected chi connectivity index (χ0v) is 19.1. The first-order chi connectivity index (χ1) is 13.7. The van der Waals surface area contributed by atoms with Crippen molar-refractivity contribution in [1.29, 1.82) is 0 Å². The predicted octanol–water partition coefficient (Wildman–Crippen LogP) is 9.56. The van der Waals surface area contributed by atoms with Crippen LogP contribution < -0.4 is 0 Å². The van der Waals surface area contributed by atoms with E-state index < -0.39 is 0 Å². The van der Waals surface area contributed by atoms with Crippen LogP contribution in [0.3, 0.4) is 0 Å². The van der Waals surface area contributed by atoms with E-state index in [0.29, 0.717) is 0 Å². The number of fused-ring (bicyclic) bond motifs is 5. The van der Waals surface area contributed by atoms with E-state index in [2.05, 4.69) is 50.2 Å². The highest BCUT2D eigenvalue weighted by Gasteiger charge is 2.12. The monoisotopic (exact) mass is 422 g/mol. The molecule has 0 spiro atoms. The second-order valence-corrected chi connectivity index (χ2v) is 11.3. The summed E-state index contributed by atoms with van der Waals surface area (Å²) in [6.45, 7) is 4.55. The van der Waals surface area contributed by atoms with Gasteiger partial charge in [0.15, 0.2) is 0 Å². The molecule has 5 rings (SSSR count). The van der Waals surface area contributed by atoms with Crippen LogP contribution in [0.15, 0.2) is 36.4 Å². The van der Waals surface area contributed by atoms with Crippen molar-refractivity contribution in [3.63, 3.8) is 0 Å². The van der Waals surface area contributed by atoms with Gasteiger partial charge in [0.25, 0.3) is 0 Å². The Kier molecular flexibility index (Phi) is 5.17. The van der Waals surface area contributed by atoms with Crippen molar-refractivity contribution in [2.24, 2.45) is 0 Å². The molecule has 0 aliphatic heterocycles. The Morgan fingerprint density at radius 1 is 0.536 bits per heavy atom. The molecule has 3 aromatic heterocycles. The second-order valence-electron chi connectivity index (χ2n) is 7.86. The van der Waals surface area contributed by atoms with Gasteiger partial charge in [-0.05, 0) is 72.9 Å². The van der Waals surface area contributed by atoms with Crippen molar-refractivity contribution >= 4 is 74.4 Å². The van der Waals surface area contributed by atoms with Gasteiger partial charge in [-0.2, -0.15) is 0 Å². The third-order valence-corrected chi connectivity index (χ3v) is 9.08. The second kappa shape index (κ2) is 7.78. The number of hydrogen-bond donors (Lipinski definition) is 0. The molecular formula is C25H26S3. The van der Waals surface area contributed by atoms with E-state index in [-0.39, 0.29) is 0 Å². The summed E-state index contributed by atoms with van der Waals surface area (Å²) < 4.78 is 5.78. The lowest BCUT2D eigenvalue weighted by molar-refractivity contribution is 0.723. The van der Waals surface area contributed by atoms with E-state index in [1.807, 2.05) is 34.0 Å². The maximum atomic E-state index is 2.44. The smallest absolute Gasteiger partial charge is 0.0369 e. The maximum absolute atomic E-state index is 2.44. The van der Waals surface area contributed by atoms with Gasteiger partial charge in [-0.15, -0.1) is 34.0 Å². The number of unbranched alkanes of at least 4 members (excludes halogenated alkanes) is 3. The van der Waals surface area contributed by atoms with Crippen LogP contribution in [0.4, 0.5) is 0 Å². The average molecular weight is 423 g/mol. The minimum Gasteiger partial charge on any atom is -0.140 e. The van der Waals surface area contributed by atoms with Crippen LogP contribution in [0.1, 0.15) is 55.7 Å². The standard InChI is InChI=1S/C25H26S3/c1-3-5-7-9-19-11-17-13-21-20-12-16-10-18(8-6-4-2)26-22(16)14-24(20)28-25(21)15-23(17)27-19/h10-15H,3-9H2,1-2H3. The van der Waals surface area contributed by atoms with Gasteiger partial charge >= 0.3 is 0 Å². The van der Waals surface area contributed by atoms with Gasteiger partial charge in [-0.1, -0.05) is 33.1 Å². The van der Waals surface area contributed by atoms with Crippen molar-refractivity contribution in [3.05, 3.63) is 46.2 Å². The zero-order chi connectivity index (χ0) is 19.1. The number of aryl methyl sites for hydroxylation is 2. The summed E-state index contributed by atoms with van der Waals surface area (Å²) in [4.78, 5) is 3.09. The summed E-state index contributed by atoms with van der Waals surface area (Å²) in [6.07, 6.45) is 8.97. The van der Waals surface area contributed by atoms with Crippen LogP contribution in [0.5, 0.6) is 0 Å². The molecule has 144 valence electrons. The summed E-state index contributed by atoms with van der Waals surface area (Å²) in [5.74, 6) is 0. The largest absolute Gasteiger partial charge is 0.140 e. The van der Waals surface area contributed by atoms with E-state index in [9.17, 15) is 0 Å². The number of benzene rings is 2. The quantitative estimate of drug-likeness (QED) is 0.229. The van der Waals surface area contributed by atoms with Gasteiger partial charge in [0.2, 0.25) is 0 Å². The summed E-state index contributed by atoms with van der Waals surface area (Å²) >= 11 is 5.94. The van der Waals surface area contributed by atoms with Crippen molar-refractivity contribution in [2.75, 3.05) is 0 Å². The number of hydrogen-bond acceptors (Lipinski definition) is 3. The normalized spacial score (nSPS) is 12.2. The molecule has 0 aliphatic carbocycles. The first-order valence-electron chi connectivity index (χ1n) is 10.6. The van der Waals surface area contributed by atoms with Crippen LogP contribution in [0.25, 0.3) is 40.3 Å². The van der Waals surface area contributed by atoms with Crippen molar-refractivity contribution in [1.82, 2.24) is 0 Å². The van der Waals surface area contributed by atoms with E-state index >= 15 is 0 Å². The van der Waals surface area contributed by atoms with Gasteiger partial charge in [-0.3, -0.25) is 0 Å². The molecule has 0 saturated carbocycles. The Morgan fingerprint density at radius 2 is 1.07 bits per heavy atom. The fraction of sp³-hybridized carbons (Fsp3) is 0.360. The number of thiophene rings is 3. The van der Waals surface area contributed by atoms with E-state index in [1.165, 1.54) is 90.2 Å². The van der Waals surface area contributed by atoms with Crippen LogP contribution >= 0.6 is 34.0 Å². The van der Waals surface area contributed by atoms with Crippen molar-refractivity contribution in [2.45, 2.75) is 58.8 Å². The van der Waals surface area contributed by atoms with Gasteiger partial charge in [-0.25, -0.2) is 0 Å². The lowest BCUT2D eigenvalue weighted by Gasteiger charge is -1.94. The van der Waals surface area contributed by atoms with Crippen molar-refractivity contribution in [3.8, 4) is 0 Å². The highest BCUT2D eigenvalue weighted by atomic mass is 32.1. The Labute approximate surface area is 178 Å². The Hall–Kier alpha value is -1.42. The van der Waals surface area contributed by atoms with Gasteiger partial charge in [0.1, 0.15) is 0 Å². The highest BCUT2D eigenvalue weighted by Crippen LogP contribution is 2.41. The predicted molar refractivity (Wildman–Crippen MR) is 132 cm³/mol. The molecule has 0 unspecified atom stereocenters. The SMILES string of the molecule is CCCCCc1cc2cc3c(cc2s1)sc1cc2sc(CCCC)cc2cc13. The van der Waals surface area contributed by atoms with Crippen LogP contribution in [-0.4, -0.2) is 0 Å². The molecule has 0 atom stereocenters. The molecule has 0 N–H and O–H groups in total. The fourth-order valence-corrected chi connectivity index (χ4v) is 7.65. The minimum atomic E-state index is 1.22. The lowest BCUT2D eigenvalue weighted by atomic mass is 10.1. The van der Waals surface area contributed by atoms with Crippen LogP contribution in [-0.2, 0) is 12.8 Å². The van der Waals surface area contributed by atoms with Gasteiger partial charge < -0.3 is 0 Å². The maximum Gasteiger partial charge on any atom is 0.0369 e. The number of rotatable bonds is 7. The molecule has 0 saturated heterocycles. The molecule has 28 heavy (non-hydrogen) atoms. The molecule has 0 nitrogen and oxygen atoms in total. The highest BCUT2D eigenvalue weighted by molar-refractivity contribution is 7.27. The van der Waals surface area contributed by atoms with Crippen LogP contribution in [0, 0.1) is 0 Å². The zero-order valence-electron chi connectivity index (χ0n) is 16.6. The molecule has 3 heteroatoms. The molecule has 3 heterocycles. The molecule has 0 aliphatic rings. The van der Waals surface area contributed by atoms with E-state index in [4.69, 9.17) is 0 Å². The Balaban J connectivity index is 1.58. The van der Waals surface area contributed by atoms with Crippen LogP contribution in [0.2, 0.25) is 0 Å². The van der Waals surface area contributed by atoms with Gasteiger partial charge in [0.05, 0.1) is 0 Å². The first-order valence-corrected chi connectivity index (χ1v) is 13.0. The Morgan fingerprint density at radius 3 is 1.61 bits per heavy atom. The molecule has 2 aromatic carbocycles. The first kappa shape index (κ1) is 18.6. The van der Waals surface area contributed by atoms with E-state index in [0.717, 1.165) is 0 Å². The third kappa shape index (κ3) is 3.38. The molecule has 0 amide bonds. The molecule has 0 radical (unpaired) electrons. The lowest BCUT2D eigenvalue weighted by Crippen LogP contribution is -1.78. The summed E-state index contributed by atoms with van der Waals surface area (Å²) in [7, 11) is 0.